The molecule has 0 saturated heterocycles. The van der Waals surface area contributed by atoms with Crippen LogP contribution in [0.2, 0.25) is 0 Å². The molecule has 0 aliphatic carbocycles. The number of hydrogen-bond acceptors (Lipinski definition) is 5. The van der Waals surface area contributed by atoms with Crippen molar-refractivity contribution in [3.63, 3.8) is 0 Å². The van der Waals surface area contributed by atoms with Crippen LogP contribution in [-0.2, 0) is 21.1 Å². The molecular formula is C38H26N6OPt. The molecule has 7 nitrogen and oxygen atoms in total. The third-order valence-corrected chi connectivity index (χ3v) is 8.38. The average Bonchev–Trinajstić information content (AvgIpc) is 3.67. The average molecular weight is 778 g/mol. The van der Waals surface area contributed by atoms with Gasteiger partial charge in [0.1, 0.15) is 18.0 Å². The molecule has 0 amide bonds. The molecule has 7 aromatic rings. The van der Waals surface area contributed by atoms with E-state index in [1.807, 2.05) is 81.7 Å². The van der Waals surface area contributed by atoms with Crippen LogP contribution in [0.15, 0.2) is 85.3 Å². The van der Waals surface area contributed by atoms with Gasteiger partial charge in [0.25, 0.3) is 0 Å². The number of rotatable bonds is 5. The summed E-state index contributed by atoms with van der Waals surface area (Å²) >= 11 is 0. The molecular weight excluding hydrogens is 752 g/mol. The fourth-order valence-electron chi connectivity index (χ4n) is 5.87. The van der Waals surface area contributed by atoms with Crippen LogP contribution in [0.4, 0.5) is 0 Å². The van der Waals surface area contributed by atoms with Gasteiger partial charge in [0.2, 0.25) is 0 Å². The topological polar surface area (TPSA) is 92.5 Å². The zero-order valence-electron chi connectivity index (χ0n) is 25.5. The zero-order chi connectivity index (χ0) is 31.2. The Morgan fingerprint density at radius 2 is 1.52 bits per heavy atom. The zero-order valence-corrected chi connectivity index (χ0v) is 27.8. The van der Waals surface area contributed by atoms with E-state index in [0.717, 1.165) is 49.9 Å². The van der Waals surface area contributed by atoms with Gasteiger partial charge in [-0.05, 0) is 79.2 Å². The Morgan fingerprint density at radius 1 is 0.783 bits per heavy atom. The summed E-state index contributed by atoms with van der Waals surface area (Å²) in [7, 11) is 0. The van der Waals surface area contributed by atoms with E-state index in [-0.39, 0.29) is 21.1 Å². The molecule has 3 aromatic heterocycles. The van der Waals surface area contributed by atoms with Crippen LogP contribution in [-0.4, -0.2) is 19.3 Å². The van der Waals surface area contributed by atoms with Crippen molar-refractivity contribution < 1.29 is 25.8 Å². The summed E-state index contributed by atoms with van der Waals surface area (Å²) in [5.74, 6) is 1.85. The summed E-state index contributed by atoms with van der Waals surface area (Å²) in [5, 5.41) is 26.7. The van der Waals surface area contributed by atoms with E-state index in [1.165, 1.54) is 0 Å². The number of nitriles is 2. The van der Waals surface area contributed by atoms with Gasteiger partial charge in [0.05, 0.1) is 17.3 Å². The summed E-state index contributed by atoms with van der Waals surface area (Å²) < 4.78 is 10.1. The van der Waals surface area contributed by atoms with Gasteiger partial charge in [0.15, 0.2) is 0 Å². The fraction of sp³-hybridized carbons (Fsp3) is 0.105. The first-order chi connectivity index (χ1) is 21.9. The molecule has 0 saturated carbocycles. The largest absolute Gasteiger partial charge is 2.00 e. The van der Waals surface area contributed by atoms with Crippen LogP contribution in [0.3, 0.4) is 0 Å². The predicted molar refractivity (Wildman–Crippen MR) is 174 cm³/mol. The number of nitrogens with zero attached hydrogens (tertiary/aromatic N) is 6. The van der Waals surface area contributed by atoms with Crippen molar-refractivity contribution in [2.45, 2.75) is 27.7 Å². The molecule has 0 N–H and O–H groups in total. The van der Waals surface area contributed by atoms with Crippen molar-refractivity contribution in [1.29, 1.82) is 10.5 Å². The first-order valence-electron chi connectivity index (χ1n) is 14.5. The fourth-order valence-corrected chi connectivity index (χ4v) is 5.87. The number of pyridine rings is 1. The summed E-state index contributed by atoms with van der Waals surface area (Å²) in [6.45, 7) is 7.82. The summed E-state index contributed by atoms with van der Waals surface area (Å²) in [6, 6.07) is 33.2. The Bertz CT molecular complexity index is 2350. The Hall–Kier alpha value is -5.49. The molecule has 0 aliphatic heterocycles. The number of benzene rings is 4. The van der Waals surface area contributed by atoms with E-state index in [9.17, 15) is 10.5 Å². The monoisotopic (exact) mass is 777 g/mol. The SMILES string of the molecule is Cc1ccnc(-n2c3[c-]c(Oc4[c-]c(-n5cc(-c6c(C#N)c(C)c(C)c(C)c6C#N)cn5)ccc4)ccc3c3ccccc32)c1.[Pt+2]. The van der Waals surface area contributed by atoms with Gasteiger partial charge in [-0.1, -0.05) is 23.7 Å². The summed E-state index contributed by atoms with van der Waals surface area (Å²) in [6.07, 6.45) is 5.30. The molecule has 0 unspecified atom stereocenters. The number of ether oxygens (including phenoxy) is 1. The Labute approximate surface area is 281 Å². The quantitative estimate of drug-likeness (QED) is 0.164. The van der Waals surface area contributed by atoms with Crippen molar-refractivity contribution in [2.75, 3.05) is 0 Å². The van der Waals surface area contributed by atoms with E-state index in [0.29, 0.717) is 39.4 Å². The van der Waals surface area contributed by atoms with Gasteiger partial charge in [-0.15, -0.1) is 35.7 Å². The molecule has 0 radical (unpaired) electrons. The molecule has 4 aromatic carbocycles. The van der Waals surface area contributed by atoms with E-state index in [2.05, 4.69) is 64.0 Å². The summed E-state index contributed by atoms with van der Waals surface area (Å²) in [5.41, 5.74) is 8.61. The van der Waals surface area contributed by atoms with E-state index < -0.39 is 0 Å². The molecule has 0 spiro atoms. The van der Waals surface area contributed by atoms with Crippen molar-refractivity contribution in [2.24, 2.45) is 0 Å². The normalized spacial score (nSPS) is 10.8. The van der Waals surface area contributed by atoms with Gasteiger partial charge < -0.3 is 9.30 Å². The number of aryl methyl sites for hydroxylation is 1. The van der Waals surface area contributed by atoms with Crippen LogP contribution in [0.5, 0.6) is 11.5 Å². The predicted octanol–water partition coefficient (Wildman–Crippen LogP) is 8.40. The maximum Gasteiger partial charge on any atom is 2.00 e. The van der Waals surface area contributed by atoms with Crippen molar-refractivity contribution in [3.05, 3.63) is 131 Å². The molecule has 0 bridgehead atoms. The Kier molecular flexibility index (Phi) is 8.05. The first-order valence-corrected chi connectivity index (χ1v) is 14.5. The molecule has 0 atom stereocenters. The minimum Gasteiger partial charge on any atom is -0.509 e. The molecule has 46 heavy (non-hydrogen) atoms. The Morgan fingerprint density at radius 3 is 2.26 bits per heavy atom. The van der Waals surface area contributed by atoms with E-state index >= 15 is 0 Å². The van der Waals surface area contributed by atoms with Crippen LogP contribution in [0.1, 0.15) is 33.4 Å². The van der Waals surface area contributed by atoms with Crippen molar-refractivity contribution in [3.8, 4) is 46.3 Å². The van der Waals surface area contributed by atoms with E-state index in [1.54, 1.807) is 10.9 Å². The minimum absolute atomic E-state index is 0. The number of aromatic nitrogens is 4. The van der Waals surface area contributed by atoms with Gasteiger partial charge in [-0.2, -0.15) is 27.8 Å². The molecule has 0 fully saturated rings. The number of fused-ring (bicyclic) bond motifs is 3. The van der Waals surface area contributed by atoms with Crippen LogP contribution < -0.4 is 4.74 Å². The van der Waals surface area contributed by atoms with E-state index in [4.69, 9.17) is 4.74 Å². The van der Waals surface area contributed by atoms with Crippen LogP contribution >= 0.6 is 0 Å². The van der Waals surface area contributed by atoms with Crippen LogP contribution in [0, 0.1) is 62.5 Å². The van der Waals surface area contributed by atoms with Crippen molar-refractivity contribution in [1.82, 2.24) is 19.3 Å². The second-order valence-corrected chi connectivity index (χ2v) is 11.0. The third kappa shape index (κ3) is 5.06. The molecule has 8 heteroatoms. The maximum atomic E-state index is 9.98. The second kappa shape index (κ2) is 12.1. The molecule has 0 aliphatic rings. The first kappa shape index (κ1) is 30.5. The number of para-hydroxylation sites is 1. The summed E-state index contributed by atoms with van der Waals surface area (Å²) in [4.78, 5) is 4.65. The molecule has 7 rings (SSSR count). The van der Waals surface area contributed by atoms with Gasteiger partial charge >= 0.3 is 21.1 Å². The maximum absolute atomic E-state index is 9.98. The number of hydrogen-bond donors (Lipinski definition) is 0. The molecule has 3 heterocycles. The standard InChI is InChI=1S/C38H26N6O.Pt/c1-23-14-15-41-37(16-23)44-35-11-6-5-10-31(35)32-13-12-30(18-36(32)44)45-29-9-7-8-28(17-29)43-22-27(21-42-43)38-33(19-39)25(3)24(2)26(4)34(38)20-40;/h5-16,21-22H,1-4H3;/q-2;+2. The smallest absolute Gasteiger partial charge is 0.509 e. The van der Waals surface area contributed by atoms with Gasteiger partial charge in [-0.25, -0.2) is 4.98 Å². The second-order valence-electron chi connectivity index (χ2n) is 11.0. The minimum atomic E-state index is 0. The van der Waals surface area contributed by atoms with Gasteiger partial charge in [0, 0.05) is 40.5 Å². The molecule has 224 valence electrons. The van der Waals surface area contributed by atoms with Gasteiger partial charge in [-0.3, -0.25) is 4.68 Å². The van der Waals surface area contributed by atoms with Crippen molar-refractivity contribution >= 4 is 21.8 Å². The Balaban J connectivity index is 0.00000372. The third-order valence-electron chi connectivity index (χ3n) is 8.38. The van der Waals surface area contributed by atoms with Crippen LogP contribution in [0.25, 0.3) is 44.4 Å².